The molecule has 0 aromatic rings. The molecule has 0 heterocycles. The van der Waals surface area contributed by atoms with Crippen molar-refractivity contribution in [2.75, 3.05) is 13.2 Å². The fourth-order valence-corrected chi connectivity index (χ4v) is 6.53. The van der Waals surface area contributed by atoms with Gasteiger partial charge in [0, 0.05) is 19.3 Å². The minimum atomic E-state index is -0.829. The second-order valence-electron chi connectivity index (χ2n) is 16.7. The van der Waals surface area contributed by atoms with E-state index >= 15 is 0 Å². The largest absolute Gasteiger partial charge is 0.462 e. The van der Waals surface area contributed by atoms with E-state index in [1.54, 1.807) is 0 Å². The van der Waals surface area contributed by atoms with Crippen LogP contribution in [0.3, 0.4) is 0 Å². The van der Waals surface area contributed by atoms with E-state index in [-0.39, 0.29) is 44.0 Å². The van der Waals surface area contributed by atoms with Crippen LogP contribution in [0.4, 0.5) is 0 Å². The number of rotatable bonds is 45. The summed E-state index contributed by atoms with van der Waals surface area (Å²) in [5.41, 5.74) is 0. The second kappa shape index (κ2) is 53.2. The highest BCUT2D eigenvalue weighted by Gasteiger charge is 2.19. The van der Waals surface area contributed by atoms with Crippen LogP contribution < -0.4 is 0 Å². The highest BCUT2D eigenvalue weighted by atomic mass is 16.6. The number of carbonyl (C=O) groups is 3. The van der Waals surface area contributed by atoms with Crippen molar-refractivity contribution in [3.63, 3.8) is 0 Å². The lowest BCUT2D eigenvalue weighted by atomic mass is 10.1. The average Bonchev–Trinajstić information content (AvgIpc) is 3.31. The van der Waals surface area contributed by atoms with Crippen LogP contribution in [0.1, 0.15) is 207 Å². The molecule has 6 nitrogen and oxygen atoms in total. The number of hydrogen-bond donors (Lipinski definition) is 0. The van der Waals surface area contributed by atoms with Gasteiger partial charge in [0.2, 0.25) is 0 Å². The van der Waals surface area contributed by atoms with Crippen molar-refractivity contribution in [3.8, 4) is 0 Å². The molecule has 0 aliphatic heterocycles. The number of allylic oxidation sites excluding steroid dienone is 22. The monoisotopic (exact) mass is 911 g/mol. The van der Waals surface area contributed by atoms with Crippen molar-refractivity contribution in [1.82, 2.24) is 0 Å². The first-order valence-corrected chi connectivity index (χ1v) is 26.2. The van der Waals surface area contributed by atoms with Crippen molar-refractivity contribution in [2.24, 2.45) is 0 Å². The standard InChI is InChI=1S/C60H94O6/c1-4-7-10-13-16-19-22-25-28-29-30-31-33-35-38-41-44-47-50-53-59(62)65-56-57(55-64-58(61)52-49-46-43-40-37-34-27-24-21-18-15-12-9-6-3)66-60(63)54-51-48-45-42-39-36-32-26-23-20-17-14-11-8-5-2/h7,9-10,12,16-21,23,25-28,30-31,34-35,38,44,47,57H,4-6,8,11,13-15,22,24,29,32-33,36-37,39-43,45-46,48-56H2,1-3H3/b10-7-,12-9-,19-16-,20-17-,21-18-,26-23-,28-25-,31-30-,34-27-,38-35-,47-44-. The molecule has 0 saturated carbocycles. The Morgan fingerprint density at radius 2 is 0.667 bits per heavy atom. The van der Waals surface area contributed by atoms with Crippen molar-refractivity contribution < 1.29 is 28.6 Å². The molecule has 0 amide bonds. The highest BCUT2D eigenvalue weighted by Crippen LogP contribution is 2.12. The topological polar surface area (TPSA) is 78.9 Å². The van der Waals surface area contributed by atoms with E-state index < -0.39 is 6.10 Å². The van der Waals surface area contributed by atoms with E-state index in [0.717, 1.165) is 128 Å². The van der Waals surface area contributed by atoms with Gasteiger partial charge in [0.15, 0.2) is 6.10 Å². The summed E-state index contributed by atoms with van der Waals surface area (Å²) in [6.07, 6.45) is 74.4. The van der Waals surface area contributed by atoms with Gasteiger partial charge in [-0.1, -0.05) is 206 Å². The van der Waals surface area contributed by atoms with Crippen LogP contribution in [-0.4, -0.2) is 37.2 Å². The summed E-state index contributed by atoms with van der Waals surface area (Å²) >= 11 is 0. The molecule has 66 heavy (non-hydrogen) atoms. The van der Waals surface area contributed by atoms with Crippen molar-refractivity contribution >= 4 is 17.9 Å². The van der Waals surface area contributed by atoms with Crippen LogP contribution in [0, 0.1) is 0 Å². The summed E-state index contributed by atoms with van der Waals surface area (Å²) in [6.45, 7) is 6.26. The Bertz CT molecular complexity index is 1460. The Morgan fingerprint density at radius 3 is 1.11 bits per heavy atom. The first kappa shape index (κ1) is 61.5. The number of carbonyl (C=O) groups excluding carboxylic acids is 3. The van der Waals surface area contributed by atoms with Gasteiger partial charge in [-0.25, -0.2) is 0 Å². The minimum absolute atomic E-state index is 0.123. The predicted molar refractivity (Wildman–Crippen MR) is 283 cm³/mol. The Labute approximate surface area is 405 Å². The Hall–Kier alpha value is -4.45. The summed E-state index contributed by atoms with van der Waals surface area (Å²) in [5.74, 6) is -1.05. The summed E-state index contributed by atoms with van der Waals surface area (Å²) in [5, 5.41) is 0. The molecule has 0 saturated heterocycles. The summed E-state index contributed by atoms with van der Waals surface area (Å²) in [6, 6.07) is 0. The third-order valence-electron chi connectivity index (χ3n) is 10.4. The quantitative estimate of drug-likeness (QED) is 0.0199. The van der Waals surface area contributed by atoms with Crippen LogP contribution in [0.25, 0.3) is 0 Å². The van der Waals surface area contributed by atoms with Crippen molar-refractivity contribution in [2.45, 2.75) is 213 Å². The molecule has 0 aromatic carbocycles. The molecule has 6 heteroatoms. The third kappa shape index (κ3) is 50.5. The van der Waals surface area contributed by atoms with Gasteiger partial charge < -0.3 is 14.2 Å². The normalized spacial score (nSPS) is 13.2. The molecule has 0 spiro atoms. The summed E-state index contributed by atoms with van der Waals surface area (Å²) in [4.78, 5) is 38.0. The van der Waals surface area contributed by atoms with Gasteiger partial charge in [0.25, 0.3) is 0 Å². The first-order chi connectivity index (χ1) is 32.5. The maximum Gasteiger partial charge on any atom is 0.306 e. The predicted octanol–water partition coefficient (Wildman–Crippen LogP) is 17.5. The van der Waals surface area contributed by atoms with E-state index in [0.29, 0.717) is 12.8 Å². The molecule has 0 radical (unpaired) electrons. The summed E-state index contributed by atoms with van der Waals surface area (Å²) in [7, 11) is 0. The number of unbranched alkanes of at least 4 members (excludes halogenated alkanes) is 13. The fourth-order valence-electron chi connectivity index (χ4n) is 6.53. The Kier molecular flexibility index (Phi) is 49.6. The van der Waals surface area contributed by atoms with Gasteiger partial charge >= 0.3 is 17.9 Å². The van der Waals surface area contributed by atoms with Gasteiger partial charge in [0.05, 0.1) is 0 Å². The zero-order valence-corrected chi connectivity index (χ0v) is 42.1. The molecule has 0 N–H and O–H groups in total. The molecule has 0 aromatic heterocycles. The lowest BCUT2D eigenvalue weighted by Gasteiger charge is -2.18. The number of esters is 3. The van der Waals surface area contributed by atoms with E-state index in [1.807, 2.05) is 12.2 Å². The summed E-state index contributed by atoms with van der Waals surface area (Å²) < 4.78 is 16.7. The lowest BCUT2D eigenvalue weighted by molar-refractivity contribution is -0.166. The van der Waals surface area contributed by atoms with E-state index in [9.17, 15) is 14.4 Å². The van der Waals surface area contributed by atoms with E-state index in [4.69, 9.17) is 14.2 Å². The van der Waals surface area contributed by atoms with Crippen molar-refractivity contribution in [3.05, 3.63) is 134 Å². The maximum absolute atomic E-state index is 12.8. The van der Waals surface area contributed by atoms with Crippen molar-refractivity contribution in [1.29, 1.82) is 0 Å². The van der Waals surface area contributed by atoms with Gasteiger partial charge in [-0.05, 0) is 116 Å². The Balaban J connectivity index is 4.58. The SMILES string of the molecule is CC/C=C\C/C=C\C/C=C\C/C=C\C/C=C\C/C=C\CCC(=O)OCC(COC(=O)CCCCCC/C=C\C/C=C\C/C=C\CC)OC(=O)CCCCCCCC/C=C\C=C/CCCCC. The average molecular weight is 911 g/mol. The smallest absolute Gasteiger partial charge is 0.306 e. The molecular weight excluding hydrogens is 817 g/mol. The van der Waals surface area contributed by atoms with E-state index in [2.05, 4.69) is 142 Å². The van der Waals surface area contributed by atoms with Crippen LogP contribution in [0.2, 0.25) is 0 Å². The van der Waals surface area contributed by atoms with Gasteiger partial charge in [0.1, 0.15) is 13.2 Å². The molecule has 1 unspecified atom stereocenters. The molecule has 1 atom stereocenters. The highest BCUT2D eigenvalue weighted by molar-refractivity contribution is 5.71. The zero-order valence-electron chi connectivity index (χ0n) is 42.1. The molecule has 0 aliphatic rings. The van der Waals surface area contributed by atoms with Gasteiger partial charge in [-0.15, -0.1) is 0 Å². The minimum Gasteiger partial charge on any atom is -0.462 e. The van der Waals surface area contributed by atoms with Crippen LogP contribution in [0.15, 0.2) is 134 Å². The Morgan fingerprint density at radius 1 is 0.333 bits per heavy atom. The number of hydrogen-bond acceptors (Lipinski definition) is 6. The molecule has 0 aliphatic carbocycles. The van der Waals surface area contributed by atoms with Gasteiger partial charge in [-0.3, -0.25) is 14.4 Å². The first-order valence-electron chi connectivity index (χ1n) is 26.2. The molecular formula is C60H94O6. The zero-order chi connectivity index (χ0) is 47.9. The fraction of sp³-hybridized carbons (Fsp3) is 0.583. The second-order valence-corrected chi connectivity index (χ2v) is 16.7. The van der Waals surface area contributed by atoms with Crippen LogP contribution in [-0.2, 0) is 28.6 Å². The number of ether oxygens (including phenoxy) is 3. The van der Waals surface area contributed by atoms with Crippen LogP contribution in [0.5, 0.6) is 0 Å². The van der Waals surface area contributed by atoms with Crippen LogP contribution >= 0.6 is 0 Å². The molecule has 0 rings (SSSR count). The third-order valence-corrected chi connectivity index (χ3v) is 10.4. The molecule has 0 fully saturated rings. The van der Waals surface area contributed by atoms with E-state index in [1.165, 1.54) is 32.1 Å². The lowest BCUT2D eigenvalue weighted by Crippen LogP contribution is -2.30. The molecule has 370 valence electrons. The molecule has 0 bridgehead atoms. The maximum atomic E-state index is 12.8. The van der Waals surface area contributed by atoms with Gasteiger partial charge in [-0.2, -0.15) is 0 Å².